The highest BCUT2D eigenvalue weighted by molar-refractivity contribution is 6.39. The van der Waals surface area contributed by atoms with Gasteiger partial charge < -0.3 is 10.6 Å². The number of ketones is 1. The van der Waals surface area contributed by atoms with Crippen LogP contribution in [0.15, 0.2) is 4.99 Å². The Kier molecular flexibility index (Phi) is 7.33. The topological polar surface area (TPSA) is 70.6 Å². The average molecular weight is 267 g/mol. The minimum atomic E-state index is -0.0418. The maximum atomic E-state index is 11.6. The third-order valence-electron chi connectivity index (χ3n) is 3.43. The molecule has 0 bridgehead atoms. The van der Waals surface area contributed by atoms with Gasteiger partial charge in [-0.05, 0) is 39.2 Å². The smallest absolute Gasteiger partial charge is 0.265 e. The van der Waals surface area contributed by atoms with E-state index in [2.05, 4.69) is 15.6 Å². The molecule has 0 aliphatic carbocycles. The number of hydrogen-bond acceptors (Lipinski definition) is 4. The van der Waals surface area contributed by atoms with E-state index in [1.807, 2.05) is 14.0 Å². The molecule has 0 saturated heterocycles. The van der Waals surface area contributed by atoms with Crippen LogP contribution in [-0.4, -0.2) is 43.6 Å². The van der Waals surface area contributed by atoms with Crippen LogP contribution in [0.2, 0.25) is 0 Å². The lowest BCUT2D eigenvalue weighted by Gasteiger charge is -2.13. The van der Waals surface area contributed by atoms with Gasteiger partial charge in [0.15, 0.2) is 0 Å². The first-order valence-corrected chi connectivity index (χ1v) is 7.20. The molecular formula is C14H25N3O2. The van der Waals surface area contributed by atoms with E-state index in [1.54, 1.807) is 0 Å². The first kappa shape index (κ1) is 15.8. The van der Waals surface area contributed by atoms with Crippen molar-refractivity contribution in [1.29, 1.82) is 0 Å². The Balaban J connectivity index is 2.10. The van der Waals surface area contributed by atoms with Gasteiger partial charge in [-0.15, -0.1) is 0 Å². The van der Waals surface area contributed by atoms with Gasteiger partial charge >= 0.3 is 0 Å². The molecule has 1 atom stereocenters. The van der Waals surface area contributed by atoms with Crippen LogP contribution >= 0.6 is 0 Å². The fourth-order valence-corrected chi connectivity index (χ4v) is 2.22. The number of carbonyl (C=O) groups excluding carboxylic acids is 2. The van der Waals surface area contributed by atoms with Crippen molar-refractivity contribution in [3.63, 3.8) is 0 Å². The van der Waals surface area contributed by atoms with Gasteiger partial charge in [0.1, 0.15) is 5.78 Å². The monoisotopic (exact) mass is 267 g/mol. The van der Waals surface area contributed by atoms with Crippen molar-refractivity contribution in [3.8, 4) is 0 Å². The van der Waals surface area contributed by atoms with E-state index in [-0.39, 0.29) is 17.7 Å². The first-order chi connectivity index (χ1) is 9.19. The van der Waals surface area contributed by atoms with Crippen molar-refractivity contribution in [1.82, 2.24) is 10.6 Å². The van der Waals surface area contributed by atoms with Crippen LogP contribution in [-0.2, 0) is 9.59 Å². The van der Waals surface area contributed by atoms with Crippen LogP contribution in [0.1, 0.15) is 45.4 Å². The largest absolute Gasteiger partial charge is 0.351 e. The van der Waals surface area contributed by atoms with Crippen molar-refractivity contribution in [3.05, 3.63) is 0 Å². The molecule has 1 amide bonds. The molecular weight excluding hydrogens is 242 g/mol. The van der Waals surface area contributed by atoms with E-state index in [0.717, 1.165) is 38.6 Å². The number of nitrogens with one attached hydrogen (secondary N) is 2. The second-order valence-corrected chi connectivity index (χ2v) is 4.84. The lowest BCUT2D eigenvalue weighted by Crippen LogP contribution is -2.34. The molecule has 2 N–H and O–H groups in total. The van der Waals surface area contributed by atoms with E-state index < -0.39 is 0 Å². The van der Waals surface area contributed by atoms with E-state index in [0.29, 0.717) is 18.7 Å². The van der Waals surface area contributed by atoms with Gasteiger partial charge in [0.05, 0.1) is 11.8 Å². The number of unbranched alkanes of at least 4 members (excludes halogenated alkanes) is 1. The van der Waals surface area contributed by atoms with Crippen LogP contribution < -0.4 is 10.6 Å². The molecule has 0 saturated carbocycles. The summed E-state index contributed by atoms with van der Waals surface area (Å²) in [6.45, 7) is 3.33. The second-order valence-electron chi connectivity index (χ2n) is 4.84. The summed E-state index contributed by atoms with van der Waals surface area (Å²) in [5.74, 6) is 0.235. The van der Waals surface area contributed by atoms with Crippen molar-refractivity contribution in [2.75, 3.05) is 20.1 Å². The van der Waals surface area contributed by atoms with Gasteiger partial charge in [-0.25, -0.2) is 0 Å². The number of amides is 1. The summed E-state index contributed by atoms with van der Waals surface area (Å²) in [5, 5.41) is 5.93. The second kappa shape index (κ2) is 8.80. The minimum Gasteiger partial charge on any atom is -0.351 e. The molecule has 5 nitrogen and oxygen atoms in total. The number of hydrogen-bond donors (Lipinski definition) is 2. The molecule has 0 aromatic carbocycles. The molecule has 1 unspecified atom stereocenters. The number of carbonyl (C=O) groups is 2. The van der Waals surface area contributed by atoms with Crippen molar-refractivity contribution < 1.29 is 9.59 Å². The number of rotatable bonds is 9. The SMILES string of the molecule is CCC(=O)C(CCCCNC(=O)C1=NCCC1)NC. The fourth-order valence-electron chi connectivity index (χ4n) is 2.22. The van der Waals surface area contributed by atoms with E-state index in [4.69, 9.17) is 0 Å². The Hall–Kier alpha value is -1.23. The number of Topliss-reactive ketones (excluding diaryl/α,β-unsaturated/α-hetero) is 1. The molecule has 1 heterocycles. The standard InChI is InChI=1S/C14H25N3O2/c1-3-13(18)11(15-2)7-4-5-9-17-14(19)12-8-6-10-16-12/h11,15H,3-10H2,1-2H3,(H,17,19). The fraction of sp³-hybridized carbons (Fsp3) is 0.786. The summed E-state index contributed by atoms with van der Waals surface area (Å²) < 4.78 is 0. The van der Waals surface area contributed by atoms with E-state index in [1.165, 1.54) is 0 Å². The van der Waals surface area contributed by atoms with Crippen LogP contribution in [0, 0.1) is 0 Å². The van der Waals surface area contributed by atoms with Gasteiger partial charge in [-0.2, -0.15) is 0 Å². The zero-order valence-electron chi connectivity index (χ0n) is 12.0. The van der Waals surface area contributed by atoms with Crippen LogP contribution in [0.4, 0.5) is 0 Å². The highest BCUT2D eigenvalue weighted by Gasteiger charge is 2.15. The molecule has 108 valence electrons. The van der Waals surface area contributed by atoms with Gasteiger partial charge in [0.25, 0.3) is 5.91 Å². The Bertz CT molecular complexity index is 340. The summed E-state index contributed by atoms with van der Waals surface area (Å²) in [7, 11) is 1.82. The molecule has 0 fully saturated rings. The third kappa shape index (κ3) is 5.51. The molecule has 0 spiro atoms. The van der Waals surface area contributed by atoms with Crippen molar-refractivity contribution >= 4 is 17.4 Å². The molecule has 0 aromatic heterocycles. The first-order valence-electron chi connectivity index (χ1n) is 7.20. The van der Waals surface area contributed by atoms with Gasteiger partial charge in [-0.3, -0.25) is 14.6 Å². The Morgan fingerprint density at radius 1 is 1.37 bits per heavy atom. The van der Waals surface area contributed by atoms with Crippen molar-refractivity contribution in [2.24, 2.45) is 4.99 Å². The molecule has 1 rings (SSSR count). The zero-order valence-corrected chi connectivity index (χ0v) is 12.0. The van der Waals surface area contributed by atoms with Gasteiger partial charge in [-0.1, -0.05) is 6.92 Å². The third-order valence-corrected chi connectivity index (χ3v) is 3.43. The minimum absolute atomic E-state index is 0.0210. The number of aliphatic imine (C=N–C) groups is 1. The predicted octanol–water partition coefficient (Wildman–Crippen LogP) is 1.07. The highest BCUT2D eigenvalue weighted by atomic mass is 16.2. The summed E-state index contributed by atoms with van der Waals surface area (Å²) in [6, 6.07) is -0.0418. The molecule has 1 aliphatic rings. The molecule has 0 aromatic rings. The number of nitrogens with zero attached hydrogens (tertiary/aromatic N) is 1. The van der Waals surface area contributed by atoms with Gasteiger partial charge in [0.2, 0.25) is 0 Å². The zero-order chi connectivity index (χ0) is 14.1. The Morgan fingerprint density at radius 2 is 2.16 bits per heavy atom. The average Bonchev–Trinajstić information content (AvgIpc) is 2.96. The van der Waals surface area contributed by atoms with Crippen LogP contribution in [0.5, 0.6) is 0 Å². The lowest BCUT2D eigenvalue weighted by atomic mass is 10.0. The summed E-state index contributed by atoms with van der Waals surface area (Å²) in [4.78, 5) is 27.3. The van der Waals surface area contributed by atoms with E-state index >= 15 is 0 Å². The normalized spacial score (nSPS) is 16.0. The van der Waals surface area contributed by atoms with Gasteiger partial charge in [0, 0.05) is 19.5 Å². The molecule has 1 aliphatic heterocycles. The molecule has 0 radical (unpaired) electrons. The Labute approximate surface area is 115 Å². The predicted molar refractivity (Wildman–Crippen MR) is 76.5 cm³/mol. The molecule has 5 heteroatoms. The lowest BCUT2D eigenvalue weighted by molar-refractivity contribution is -0.121. The molecule has 19 heavy (non-hydrogen) atoms. The quantitative estimate of drug-likeness (QED) is 0.614. The van der Waals surface area contributed by atoms with Crippen LogP contribution in [0.25, 0.3) is 0 Å². The maximum absolute atomic E-state index is 11.6. The van der Waals surface area contributed by atoms with Crippen molar-refractivity contribution in [2.45, 2.75) is 51.5 Å². The maximum Gasteiger partial charge on any atom is 0.265 e. The van der Waals surface area contributed by atoms with Crippen LogP contribution in [0.3, 0.4) is 0 Å². The summed E-state index contributed by atoms with van der Waals surface area (Å²) >= 11 is 0. The van der Waals surface area contributed by atoms with E-state index in [9.17, 15) is 9.59 Å². The Morgan fingerprint density at radius 3 is 2.74 bits per heavy atom. The number of likely N-dealkylation sites (N-methyl/N-ethyl adjacent to an activating group) is 1. The highest BCUT2D eigenvalue weighted by Crippen LogP contribution is 2.05. The summed E-state index contributed by atoms with van der Waals surface area (Å²) in [5.41, 5.74) is 0.689. The summed E-state index contributed by atoms with van der Waals surface area (Å²) in [6.07, 6.45) is 5.03.